The van der Waals surface area contributed by atoms with Crippen molar-refractivity contribution in [1.82, 2.24) is 10.3 Å². The van der Waals surface area contributed by atoms with Gasteiger partial charge in [-0.1, -0.05) is 31.0 Å². The van der Waals surface area contributed by atoms with Gasteiger partial charge in [0.2, 0.25) is 0 Å². The Balaban J connectivity index is 1.48. The first-order chi connectivity index (χ1) is 14.0. The van der Waals surface area contributed by atoms with E-state index in [-0.39, 0.29) is 11.6 Å². The van der Waals surface area contributed by atoms with Crippen molar-refractivity contribution in [3.05, 3.63) is 69.4 Å². The number of hydrogen-bond acceptors (Lipinski definition) is 4. The summed E-state index contributed by atoms with van der Waals surface area (Å²) >= 11 is 0. The van der Waals surface area contributed by atoms with Crippen LogP contribution in [0.25, 0.3) is 10.9 Å². The number of carbonyl (C=O) groups is 1. The smallest absolute Gasteiger partial charge is 0.349 e. The molecule has 1 saturated carbocycles. The van der Waals surface area contributed by atoms with Crippen LogP contribution in [-0.4, -0.2) is 28.1 Å². The molecule has 1 amide bonds. The number of aromatic amines is 1. The van der Waals surface area contributed by atoms with Gasteiger partial charge in [-0.05, 0) is 49.4 Å². The highest BCUT2D eigenvalue weighted by atomic mass is 16.4. The summed E-state index contributed by atoms with van der Waals surface area (Å²) in [7, 11) is 0. The monoisotopic (exact) mass is 394 g/mol. The number of aryl methyl sites for hydroxylation is 3. The molecular formula is C23H26N2O4. The van der Waals surface area contributed by atoms with Gasteiger partial charge in [0.05, 0.1) is 12.1 Å². The van der Waals surface area contributed by atoms with Gasteiger partial charge in [-0.2, -0.15) is 0 Å². The van der Waals surface area contributed by atoms with Crippen molar-refractivity contribution in [3.63, 3.8) is 0 Å². The van der Waals surface area contributed by atoms with Crippen LogP contribution in [0.4, 0.5) is 0 Å². The molecule has 0 spiro atoms. The predicted molar refractivity (Wildman–Crippen MR) is 111 cm³/mol. The van der Waals surface area contributed by atoms with Crippen LogP contribution in [0.1, 0.15) is 52.9 Å². The number of H-pyrrole nitrogens is 1. The molecule has 2 heterocycles. The van der Waals surface area contributed by atoms with Gasteiger partial charge in [-0.25, -0.2) is 4.79 Å². The van der Waals surface area contributed by atoms with Crippen LogP contribution in [0.5, 0.6) is 0 Å². The zero-order valence-corrected chi connectivity index (χ0v) is 16.5. The molecule has 2 aromatic heterocycles. The number of amides is 1. The van der Waals surface area contributed by atoms with E-state index in [9.17, 15) is 14.7 Å². The number of aliphatic hydroxyl groups excluding tert-OH is 1. The topological polar surface area (TPSA) is 95.3 Å². The summed E-state index contributed by atoms with van der Waals surface area (Å²) in [5.74, 6) is 0.0948. The predicted octanol–water partition coefficient (Wildman–Crippen LogP) is 3.25. The van der Waals surface area contributed by atoms with E-state index in [2.05, 4.69) is 16.4 Å². The fraction of sp³-hybridized carbons (Fsp3) is 0.391. The third-order valence-electron chi connectivity index (χ3n) is 5.79. The molecule has 0 saturated heterocycles. The van der Waals surface area contributed by atoms with Crippen LogP contribution < -0.4 is 10.9 Å². The van der Waals surface area contributed by atoms with Gasteiger partial charge in [-0.3, -0.25) is 4.79 Å². The molecule has 29 heavy (non-hydrogen) atoms. The first-order valence-corrected chi connectivity index (χ1v) is 10.2. The lowest BCUT2D eigenvalue weighted by Crippen LogP contribution is -2.46. The number of nitrogens with one attached hydrogen (secondary N) is 2. The first-order valence-electron chi connectivity index (χ1n) is 10.2. The van der Waals surface area contributed by atoms with Gasteiger partial charge in [-0.15, -0.1) is 0 Å². The second kappa shape index (κ2) is 8.25. The number of benzene rings is 1. The molecule has 4 rings (SSSR count). The third-order valence-corrected chi connectivity index (χ3v) is 5.79. The molecule has 1 aliphatic carbocycles. The van der Waals surface area contributed by atoms with Crippen molar-refractivity contribution < 1.29 is 14.3 Å². The highest BCUT2D eigenvalue weighted by molar-refractivity contribution is 5.95. The van der Waals surface area contributed by atoms with Gasteiger partial charge in [0, 0.05) is 23.5 Å². The highest BCUT2D eigenvalue weighted by Crippen LogP contribution is 2.21. The van der Waals surface area contributed by atoms with Crippen molar-refractivity contribution in [2.75, 3.05) is 0 Å². The number of para-hydroxylation sites is 1. The molecule has 0 aliphatic heterocycles. The molecule has 1 aromatic carbocycles. The van der Waals surface area contributed by atoms with E-state index in [4.69, 9.17) is 4.42 Å². The number of aromatic nitrogens is 1. The average molecular weight is 394 g/mol. The Kier molecular flexibility index (Phi) is 5.53. The fourth-order valence-corrected chi connectivity index (χ4v) is 4.19. The molecule has 0 radical (unpaired) electrons. The maximum Gasteiger partial charge on any atom is 0.349 e. The van der Waals surface area contributed by atoms with Crippen LogP contribution in [-0.2, 0) is 12.8 Å². The average Bonchev–Trinajstić information content (AvgIpc) is 3.11. The van der Waals surface area contributed by atoms with Gasteiger partial charge in [0.1, 0.15) is 11.3 Å². The molecule has 6 heteroatoms. The summed E-state index contributed by atoms with van der Waals surface area (Å²) in [4.78, 5) is 28.4. The van der Waals surface area contributed by atoms with E-state index in [1.165, 1.54) is 0 Å². The van der Waals surface area contributed by atoms with Gasteiger partial charge >= 0.3 is 5.63 Å². The maximum atomic E-state index is 12.6. The summed E-state index contributed by atoms with van der Waals surface area (Å²) in [5, 5.41) is 14.0. The van der Waals surface area contributed by atoms with Crippen LogP contribution in [0.15, 0.2) is 45.7 Å². The fourth-order valence-electron chi connectivity index (χ4n) is 4.19. The molecule has 3 N–H and O–H groups in total. The van der Waals surface area contributed by atoms with E-state index in [0.717, 1.165) is 42.1 Å². The Morgan fingerprint density at radius 2 is 2.03 bits per heavy atom. The zero-order valence-electron chi connectivity index (χ0n) is 16.5. The highest BCUT2D eigenvalue weighted by Gasteiger charge is 2.27. The van der Waals surface area contributed by atoms with E-state index < -0.39 is 17.6 Å². The molecule has 3 aromatic rings. The number of carbonyl (C=O) groups excluding carboxylic acids is 1. The lowest BCUT2D eigenvalue weighted by atomic mass is 9.92. The second-order valence-corrected chi connectivity index (χ2v) is 7.85. The lowest BCUT2D eigenvalue weighted by Gasteiger charge is -2.28. The lowest BCUT2D eigenvalue weighted by molar-refractivity contribution is 0.0713. The zero-order chi connectivity index (χ0) is 20.4. The van der Waals surface area contributed by atoms with Gasteiger partial charge in [0.15, 0.2) is 0 Å². The molecular weight excluding hydrogens is 368 g/mol. The minimum atomic E-state index is -0.623. The Hall–Kier alpha value is -2.86. The van der Waals surface area contributed by atoms with Gasteiger partial charge in [0.25, 0.3) is 5.91 Å². The van der Waals surface area contributed by atoms with Crippen molar-refractivity contribution in [1.29, 1.82) is 0 Å². The SMILES string of the molecule is Cc1cc(CCc2c[nH]c3ccccc23)oc(=O)c1C(=O)N[C@H]1CCCC[C@@H]1O. The molecule has 0 bridgehead atoms. The molecule has 2 atom stereocenters. The molecule has 1 aliphatic rings. The Morgan fingerprint density at radius 3 is 2.83 bits per heavy atom. The molecule has 6 nitrogen and oxygen atoms in total. The summed E-state index contributed by atoms with van der Waals surface area (Å²) in [5.41, 5.74) is 2.24. The van der Waals surface area contributed by atoms with Crippen molar-refractivity contribution in [2.45, 2.75) is 57.6 Å². The van der Waals surface area contributed by atoms with E-state index in [0.29, 0.717) is 24.2 Å². The summed E-state index contributed by atoms with van der Waals surface area (Å²) in [6, 6.07) is 9.54. The van der Waals surface area contributed by atoms with Crippen molar-refractivity contribution in [2.24, 2.45) is 0 Å². The van der Waals surface area contributed by atoms with Crippen LogP contribution in [0.2, 0.25) is 0 Å². The standard InChI is InChI=1S/C23H26N2O4/c1-14-12-16(11-10-15-13-24-18-7-3-2-6-17(15)18)29-23(28)21(14)22(27)25-19-8-4-5-9-20(19)26/h2-3,6-7,12-13,19-20,24,26H,4-5,8-11H2,1H3,(H,25,27)/t19-,20-/m0/s1. The molecule has 152 valence electrons. The number of hydrogen-bond donors (Lipinski definition) is 3. The Bertz CT molecular complexity index is 1080. The van der Waals surface area contributed by atoms with E-state index >= 15 is 0 Å². The van der Waals surface area contributed by atoms with Crippen LogP contribution in [0.3, 0.4) is 0 Å². The van der Waals surface area contributed by atoms with Crippen LogP contribution in [0, 0.1) is 6.92 Å². The van der Waals surface area contributed by atoms with Crippen LogP contribution >= 0.6 is 0 Å². The Labute approximate surface area is 168 Å². The Morgan fingerprint density at radius 1 is 1.24 bits per heavy atom. The van der Waals surface area contributed by atoms with Crippen molar-refractivity contribution >= 4 is 16.8 Å². The number of fused-ring (bicyclic) bond motifs is 1. The minimum absolute atomic E-state index is 0.0265. The van der Waals surface area contributed by atoms with E-state index in [1.807, 2.05) is 24.4 Å². The molecule has 0 unspecified atom stereocenters. The second-order valence-electron chi connectivity index (χ2n) is 7.85. The summed E-state index contributed by atoms with van der Waals surface area (Å²) in [6.07, 6.45) is 6.03. The first kappa shape index (κ1) is 19.5. The number of aliphatic hydroxyl groups is 1. The molecule has 1 fully saturated rings. The number of rotatable bonds is 5. The third kappa shape index (κ3) is 4.12. The van der Waals surface area contributed by atoms with Gasteiger partial charge < -0.3 is 19.8 Å². The quantitative estimate of drug-likeness (QED) is 0.619. The van der Waals surface area contributed by atoms with E-state index in [1.54, 1.807) is 13.0 Å². The summed E-state index contributed by atoms with van der Waals surface area (Å²) < 4.78 is 5.45. The minimum Gasteiger partial charge on any atom is -0.427 e. The summed E-state index contributed by atoms with van der Waals surface area (Å²) in [6.45, 7) is 1.75. The normalized spacial score (nSPS) is 19.4. The maximum absolute atomic E-state index is 12.6. The van der Waals surface area contributed by atoms with Crippen molar-refractivity contribution in [3.8, 4) is 0 Å². The largest absolute Gasteiger partial charge is 0.427 e.